The smallest absolute Gasteiger partial charge is 0.224 e. The normalized spacial score (nSPS) is 16.5. The summed E-state index contributed by atoms with van der Waals surface area (Å²) >= 11 is 3.50. The second kappa shape index (κ2) is 10.6. The minimum absolute atomic E-state index is 0.0185. The average Bonchev–Trinajstić information content (AvgIpc) is 3.62. The molecule has 1 N–H and O–H groups in total. The Bertz CT molecular complexity index is 1010. The van der Waals surface area contributed by atoms with Crippen molar-refractivity contribution < 1.29 is 4.79 Å². The third-order valence-electron chi connectivity index (χ3n) is 6.36. The van der Waals surface area contributed by atoms with E-state index in [1.165, 1.54) is 26.5 Å². The van der Waals surface area contributed by atoms with Crippen LogP contribution in [0.3, 0.4) is 0 Å². The van der Waals surface area contributed by atoms with Crippen LogP contribution in [0.4, 0.5) is 0 Å². The number of rotatable bonds is 10. The minimum Gasteiger partial charge on any atom is -0.356 e. The first-order valence-corrected chi connectivity index (χ1v) is 13.6. The second-order valence-corrected chi connectivity index (χ2v) is 10.1. The number of pyridine rings is 1. The molecule has 166 valence electrons. The summed E-state index contributed by atoms with van der Waals surface area (Å²) in [5.41, 5.74) is 3.53. The first-order valence-electron chi connectivity index (χ1n) is 11.1. The van der Waals surface area contributed by atoms with E-state index >= 15 is 0 Å². The molecule has 3 aromatic rings. The van der Waals surface area contributed by atoms with Gasteiger partial charge in [-0.25, -0.2) is 0 Å². The van der Waals surface area contributed by atoms with Gasteiger partial charge < -0.3 is 5.32 Å². The highest BCUT2D eigenvalue weighted by Crippen LogP contribution is 2.59. The predicted octanol–water partition coefficient (Wildman–Crippen LogP) is 5.97. The van der Waals surface area contributed by atoms with Crippen LogP contribution in [0.25, 0.3) is 0 Å². The van der Waals surface area contributed by atoms with Crippen LogP contribution < -0.4 is 5.32 Å². The Labute approximate surface area is 199 Å². The lowest BCUT2D eigenvalue weighted by Crippen LogP contribution is -2.30. The van der Waals surface area contributed by atoms with Crippen molar-refractivity contribution >= 4 is 29.4 Å². The number of hydrogen-bond acceptors (Lipinski definition) is 4. The zero-order chi connectivity index (χ0) is 22.4. The minimum atomic E-state index is -0.225. The van der Waals surface area contributed by atoms with E-state index in [9.17, 15) is 4.79 Å². The molecule has 1 fully saturated rings. The summed E-state index contributed by atoms with van der Waals surface area (Å²) in [4.78, 5) is 19.8. The van der Waals surface area contributed by atoms with Crippen molar-refractivity contribution in [1.82, 2.24) is 10.3 Å². The molecule has 32 heavy (non-hydrogen) atoms. The molecule has 1 heterocycles. The van der Waals surface area contributed by atoms with Gasteiger partial charge in [-0.2, -0.15) is 0 Å². The molecule has 0 aliphatic heterocycles. The van der Waals surface area contributed by atoms with Crippen molar-refractivity contribution in [1.29, 1.82) is 0 Å². The zero-order valence-electron chi connectivity index (χ0n) is 18.7. The van der Waals surface area contributed by atoms with E-state index in [1.54, 1.807) is 29.7 Å². The molecule has 1 aromatic heterocycles. The van der Waals surface area contributed by atoms with Gasteiger partial charge >= 0.3 is 0 Å². The maximum atomic E-state index is 13.2. The quantitative estimate of drug-likeness (QED) is 0.298. The van der Waals surface area contributed by atoms with Gasteiger partial charge in [0.15, 0.2) is 0 Å². The molecule has 0 unspecified atom stereocenters. The molecule has 3 nitrogen and oxygen atoms in total. The summed E-state index contributed by atoms with van der Waals surface area (Å²) in [6.07, 6.45) is 11.8. The predicted molar refractivity (Wildman–Crippen MR) is 136 cm³/mol. The van der Waals surface area contributed by atoms with Gasteiger partial charge in [-0.15, -0.1) is 23.5 Å². The molecule has 1 aliphatic rings. The lowest BCUT2D eigenvalue weighted by Gasteiger charge is -2.20. The molecule has 0 spiro atoms. The van der Waals surface area contributed by atoms with Gasteiger partial charge in [-0.3, -0.25) is 9.78 Å². The SMILES string of the molecule is CSc1cccc(C2(c3cccc(SC)c3)C[C@@H]2C(=O)NCCCCc2cccnc2)c1. The van der Waals surface area contributed by atoms with E-state index in [0.29, 0.717) is 0 Å². The molecular formula is C27H30N2OS2. The van der Waals surface area contributed by atoms with Gasteiger partial charge in [0.25, 0.3) is 0 Å². The highest BCUT2D eigenvalue weighted by atomic mass is 32.2. The summed E-state index contributed by atoms with van der Waals surface area (Å²) in [5.74, 6) is 0.158. The van der Waals surface area contributed by atoms with Crippen LogP contribution in [-0.2, 0) is 16.6 Å². The fourth-order valence-electron chi connectivity index (χ4n) is 4.52. The number of aryl methyl sites for hydroxylation is 1. The van der Waals surface area contributed by atoms with Crippen LogP contribution in [0.15, 0.2) is 82.8 Å². The van der Waals surface area contributed by atoms with E-state index in [0.717, 1.165) is 32.2 Å². The highest BCUT2D eigenvalue weighted by molar-refractivity contribution is 7.98. The summed E-state index contributed by atoms with van der Waals surface area (Å²) < 4.78 is 0. The molecular weight excluding hydrogens is 432 g/mol. The summed E-state index contributed by atoms with van der Waals surface area (Å²) in [7, 11) is 0. The maximum absolute atomic E-state index is 13.2. The lowest BCUT2D eigenvalue weighted by atomic mass is 9.85. The van der Waals surface area contributed by atoms with Crippen LogP contribution in [0.2, 0.25) is 0 Å². The third kappa shape index (κ3) is 5.05. The molecule has 1 aliphatic carbocycles. The number of benzene rings is 2. The van der Waals surface area contributed by atoms with Gasteiger partial charge in [-0.05, 0) is 85.2 Å². The molecule has 1 atom stereocenters. The fourth-order valence-corrected chi connectivity index (χ4v) is 5.44. The summed E-state index contributed by atoms with van der Waals surface area (Å²) in [6, 6.07) is 21.5. The molecule has 1 amide bonds. The van der Waals surface area contributed by atoms with Gasteiger partial charge in [-0.1, -0.05) is 30.3 Å². The summed E-state index contributed by atoms with van der Waals surface area (Å²) in [5, 5.41) is 3.22. The van der Waals surface area contributed by atoms with Crippen LogP contribution in [0.5, 0.6) is 0 Å². The lowest BCUT2D eigenvalue weighted by molar-refractivity contribution is -0.122. The molecule has 4 rings (SSSR count). The van der Waals surface area contributed by atoms with E-state index in [1.807, 2.05) is 12.3 Å². The van der Waals surface area contributed by atoms with Crippen LogP contribution >= 0.6 is 23.5 Å². The number of carbonyl (C=O) groups is 1. The third-order valence-corrected chi connectivity index (χ3v) is 7.81. The number of amides is 1. The van der Waals surface area contributed by atoms with Gasteiger partial charge in [0, 0.05) is 34.1 Å². The fraction of sp³-hybridized carbons (Fsp3) is 0.333. The maximum Gasteiger partial charge on any atom is 0.224 e. The Kier molecular flexibility index (Phi) is 7.59. The monoisotopic (exact) mass is 462 g/mol. The Hall–Kier alpha value is -2.24. The van der Waals surface area contributed by atoms with E-state index in [2.05, 4.69) is 77.4 Å². The number of nitrogens with one attached hydrogen (secondary N) is 1. The Morgan fingerprint density at radius 1 is 1.00 bits per heavy atom. The number of aromatic nitrogens is 1. The van der Waals surface area contributed by atoms with E-state index in [-0.39, 0.29) is 17.2 Å². The Balaban J connectivity index is 1.44. The first kappa shape index (κ1) is 22.9. The Morgan fingerprint density at radius 2 is 1.69 bits per heavy atom. The second-order valence-electron chi connectivity index (χ2n) is 8.30. The Morgan fingerprint density at radius 3 is 2.28 bits per heavy atom. The standard InChI is InChI=1S/C27H30N2OS2/c1-31-23-12-5-10-21(16-23)27(22-11-6-13-24(17-22)32-2)18-25(27)26(30)29-15-4-3-8-20-9-7-14-28-19-20/h5-7,9-14,16-17,19,25H,3-4,8,15,18H2,1-2H3,(H,29,30)/t25-/m1/s1. The summed E-state index contributed by atoms with van der Waals surface area (Å²) in [6.45, 7) is 0.724. The molecule has 2 aromatic carbocycles. The number of carbonyl (C=O) groups excluding carboxylic acids is 1. The van der Waals surface area contributed by atoms with Crippen molar-refractivity contribution in [3.63, 3.8) is 0 Å². The zero-order valence-corrected chi connectivity index (χ0v) is 20.3. The number of hydrogen-bond donors (Lipinski definition) is 1. The number of unbranched alkanes of at least 4 members (excludes halogenated alkanes) is 1. The average molecular weight is 463 g/mol. The van der Waals surface area contributed by atoms with Crippen molar-refractivity contribution in [2.75, 3.05) is 19.1 Å². The first-order chi connectivity index (χ1) is 15.7. The van der Waals surface area contributed by atoms with Crippen molar-refractivity contribution in [3.8, 4) is 0 Å². The topological polar surface area (TPSA) is 42.0 Å². The number of thioether (sulfide) groups is 2. The van der Waals surface area contributed by atoms with Gasteiger partial charge in [0.05, 0.1) is 5.92 Å². The van der Waals surface area contributed by atoms with E-state index < -0.39 is 0 Å². The molecule has 0 saturated heterocycles. The molecule has 1 saturated carbocycles. The van der Waals surface area contributed by atoms with Gasteiger partial charge in [0.2, 0.25) is 5.91 Å². The molecule has 0 bridgehead atoms. The van der Waals surface area contributed by atoms with Gasteiger partial charge in [0.1, 0.15) is 0 Å². The van der Waals surface area contributed by atoms with Crippen molar-refractivity contribution in [2.24, 2.45) is 5.92 Å². The van der Waals surface area contributed by atoms with Crippen molar-refractivity contribution in [3.05, 3.63) is 89.7 Å². The largest absolute Gasteiger partial charge is 0.356 e. The highest BCUT2D eigenvalue weighted by Gasteiger charge is 2.60. The molecule has 0 radical (unpaired) electrons. The van der Waals surface area contributed by atoms with Crippen LogP contribution in [-0.4, -0.2) is 29.9 Å². The number of nitrogens with zero attached hydrogens (tertiary/aromatic N) is 1. The van der Waals surface area contributed by atoms with E-state index in [4.69, 9.17) is 0 Å². The molecule has 5 heteroatoms. The van der Waals surface area contributed by atoms with Crippen molar-refractivity contribution in [2.45, 2.75) is 40.9 Å². The van der Waals surface area contributed by atoms with Crippen LogP contribution in [0, 0.1) is 5.92 Å². The van der Waals surface area contributed by atoms with Crippen LogP contribution in [0.1, 0.15) is 36.0 Å².